The summed E-state index contributed by atoms with van der Waals surface area (Å²) in [6, 6.07) is 12.8. The summed E-state index contributed by atoms with van der Waals surface area (Å²) in [4.78, 5) is 14.5. The molecule has 2 amide bonds. The SMILES string of the molecule is C#CCOc1ccccc1CNC(=O)NC1CCN(c2cc(Cl)ccc2OC)C1. The molecular formula is C22H24ClN3O3. The Balaban J connectivity index is 1.53. The van der Waals surface area contributed by atoms with Gasteiger partial charge in [-0.2, -0.15) is 0 Å². The molecule has 2 N–H and O–H groups in total. The Morgan fingerprint density at radius 3 is 2.93 bits per heavy atom. The van der Waals surface area contributed by atoms with Crippen molar-refractivity contribution < 1.29 is 14.3 Å². The monoisotopic (exact) mass is 413 g/mol. The summed E-state index contributed by atoms with van der Waals surface area (Å²) < 4.78 is 10.9. The molecule has 6 nitrogen and oxygen atoms in total. The van der Waals surface area contributed by atoms with Crippen molar-refractivity contribution in [3.8, 4) is 23.8 Å². The molecule has 3 rings (SSSR count). The lowest BCUT2D eigenvalue weighted by Gasteiger charge is -2.22. The largest absolute Gasteiger partial charge is 0.495 e. The number of methoxy groups -OCH3 is 1. The number of amides is 2. The summed E-state index contributed by atoms with van der Waals surface area (Å²) in [6.45, 7) is 2.04. The van der Waals surface area contributed by atoms with Crippen molar-refractivity contribution in [2.24, 2.45) is 0 Å². The number of benzene rings is 2. The zero-order valence-corrected chi connectivity index (χ0v) is 17.0. The molecule has 1 fully saturated rings. The highest BCUT2D eigenvalue weighted by atomic mass is 35.5. The van der Waals surface area contributed by atoms with Crippen molar-refractivity contribution in [3.05, 3.63) is 53.1 Å². The Hall–Kier alpha value is -3.04. The lowest BCUT2D eigenvalue weighted by Crippen LogP contribution is -2.43. The Morgan fingerprint density at radius 1 is 1.31 bits per heavy atom. The average Bonchev–Trinajstić information content (AvgIpc) is 3.19. The van der Waals surface area contributed by atoms with E-state index in [2.05, 4.69) is 21.5 Å². The van der Waals surface area contributed by atoms with E-state index < -0.39 is 0 Å². The lowest BCUT2D eigenvalue weighted by molar-refractivity contribution is 0.237. The summed E-state index contributed by atoms with van der Waals surface area (Å²) in [7, 11) is 1.64. The fraction of sp³-hybridized carbons (Fsp3) is 0.318. The molecule has 1 atom stereocenters. The molecule has 2 aromatic carbocycles. The van der Waals surface area contributed by atoms with E-state index in [0.717, 1.165) is 30.0 Å². The molecule has 0 bridgehead atoms. The first-order valence-electron chi connectivity index (χ1n) is 9.37. The topological polar surface area (TPSA) is 62.8 Å². The van der Waals surface area contributed by atoms with E-state index >= 15 is 0 Å². The second-order valence-corrected chi connectivity index (χ2v) is 7.11. The number of rotatable bonds is 7. The Kier molecular flexibility index (Phi) is 7.09. The zero-order valence-electron chi connectivity index (χ0n) is 16.3. The zero-order chi connectivity index (χ0) is 20.6. The quantitative estimate of drug-likeness (QED) is 0.682. The van der Waals surface area contributed by atoms with Crippen LogP contribution < -0.4 is 25.0 Å². The third-order valence-corrected chi connectivity index (χ3v) is 4.96. The van der Waals surface area contributed by atoms with Crippen LogP contribution in [0.25, 0.3) is 0 Å². The molecule has 1 heterocycles. The van der Waals surface area contributed by atoms with Gasteiger partial charge < -0.3 is 25.0 Å². The molecule has 0 saturated carbocycles. The molecule has 1 aliphatic heterocycles. The number of para-hydroxylation sites is 1. The van der Waals surface area contributed by atoms with Gasteiger partial charge in [0.15, 0.2) is 0 Å². The molecule has 0 radical (unpaired) electrons. The first-order valence-corrected chi connectivity index (χ1v) is 9.75. The van der Waals surface area contributed by atoms with Gasteiger partial charge in [0.25, 0.3) is 0 Å². The minimum Gasteiger partial charge on any atom is -0.495 e. The average molecular weight is 414 g/mol. The van der Waals surface area contributed by atoms with Crippen LogP contribution in [-0.2, 0) is 6.54 Å². The van der Waals surface area contributed by atoms with Crippen molar-refractivity contribution in [3.63, 3.8) is 0 Å². The number of nitrogens with one attached hydrogen (secondary N) is 2. The van der Waals surface area contributed by atoms with Crippen LogP contribution in [-0.4, -0.2) is 38.9 Å². The van der Waals surface area contributed by atoms with Crippen LogP contribution in [0, 0.1) is 12.3 Å². The second kappa shape index (κ2) is 9.94. The first-order chi connectivity index (χ1) is 14.1. The third kappa shape index (κ3) is 5.49. The second-order valence-electron chi connectivity index (χ2n) is 6.68. The van der Waals surface area contributed by atoms with Gasteiger partial charge in [-0.05, 0) is 30.7 Å². The third-order valence-electron chi connectivity index (χ3n) is 4.73. The predicted molar refractivity (Wildman–Crippen MR) is 115 cm³/mol. The van der Waals surface area contributed by atoms with Crippen molar-refractivity contribution in [2.45, 2.75) is 19.0 Å². The minimum atomic E-state index is -0.221. The normalized spacial score (nSPS) is 15.5. The fourth-order valence-corrected chi connectivity index (χ4v) is 3.50. The first kappa shape index (κ1) is 20.7. The van der Waals surface area contributed by atoms with E-state index in [-0.39, 0.29) is 18.7 Å². The van der Waals surface area contributed by atoms with Crippen molar-refractivity contribution in [2.75, 3.05) is 31.7 Å². The fourth-order valence-electron chi connectivity index (χ4n) is 3.33. The molecule has 0 aliphatic carbocycles. The van der Waals surface area contributed by atoms with Crippen LogP contribution in [0.15, 0.2) is 42.5 Å². The predicted octanol–water partition coefficient (Wildman–Crippen LogP) is 3.44. The number of ether oxygens (including phenoxy) is 2. The van der Waals surface area contributed by atoms with Gasteiger partial charge in [0.1, 0.15) is 18.1 Å². The molecule has 0 spiro atoms. The summed E-state index contributed by atoms with van der Waals surface area (Å²) in [5.74, 6) is 3.88. The van der Waals surface area contributed by atoms with Gasteiger partial charge in [-0.1, -0.05) is 35.7 Å². The van der Waals surface area contributed by atoms with Crippen LogP contribution >= 0.6 is 11.6 Å². The Morgan fingerprint density at radius 2 is 2.14 bits per heavy atom. The number of carbonyl (C=O) groups is 1. The van der Waals surface area contributed by atoms with Crippen LogP contribution in [0.2, 0.25) is 5.02 Å². The van der Waals surface area contributed by atoms with Crippen molar-refractivity contribution in [1.29, 1.82) is 0 Å². The number of halogens is 1. The number of urea groups is 1. The van der Waals surface area contributed by atoms with Crippen molar-refractivity contribution in [1.82, 2.24) is 10.6 Å². The Bertz CT molecular complexity index is 897. The molecule has 29 heavy (non-hydrogen) atoms. The van der Waals surface area contributed by atoms with Gasteiger partial charge in [0.2, 0.25) is 0 Å². The van der Waals surface area contributed by atoms with Crippen molar-refractivity contribution >= 4 is 23.3 Å². The maximum absolute atomic E-state index is 12.4. The van der Waals surface area contributed by atoms with E-state index in [1.807, 2.05) is 36.4 Å². The Labute approximate surface area is 176 Å². The highest BCUT2D eigenvalue weighted by Gasteiger charge is 2.26. The van der Waals surface area contributed by atoms with Gasteiger partial charge in [-0.25, -0.2) is 4.79 Å². The maximum Gasteiger partial charge on any atom is 0.315 e. The highest BCUT2D eigenvalue weighted by Crippen LogP contribution is 2.33. The molecular weight excluding hydrogens is 390 g/mol. The molecule has 1 aliphatic rings. The van der Waals surface area contributed by atoms with E-state index in [9.17, 15) is 4.79 Å². The lowest BCUT2D eigenvalue weighted by atomic mass is 10.2. The maximum atomic E-state index is 12.4. The minimum absolute atomic E-state index is 0.0339. The summed E-state index contributed by atoms with van der Waals surface area (Å²) in [5.41, 5.74) is 1.80. The number of nitrogens with zero attached hydrogens (tertiary/aromatic N) is 1. The standard InChI is InChI=1S/C22H24ClN3O3/c1-3-12-29-20-7-5-4-6-16(20)14-24-22(27)25-18-10-11-26(15-18)19-13-17(23)8-9-21(19)28-2/h1,4-9,13,18H,10-12,14-15H2,2H3,(H2,24,25,27). The molecule has 7 heteroatoms. The number of hydrogen-bond acceptors (Lipinski definition) is 4. The van der Waals surface area contributed by atoms with E-state index in [1.54, 1.807) is 13.2 Å². The number of carbonyl (C=O) groups excluding carboxylic acids is 1. The summed E-state index contributed by atoms with van der Waals surface area (Å²) in [6.07, 6.45) is 6.08. The molecule has 152 valence electrons. The van der Waals surface area contributed by atoms with Gasteiger partial charge in [-0.3, -0.25) is 0 Å². The summed E-state index contributed by atoms with van der Waals surface area (Å²) in [5, 5.41) is 6.56. The van der Waals surface area contributed by atoms with Gasteiger partial charge in [0.05, 0.1) is 12.8 Å². The van der Waals surface area contributed by atoms with Gasteiger partial charge >= 0.3 is 6.03 Å². The van der Waals surface area contributed by atoms with Gasteiger partial charge in [-0.15, -0.1) is 6.42 Å². The molecule has 0 aromatic heterocycles. The molecule has 1 unspecified atom stereocenters. The summed E-state index contributed by atoms with van der Waals surface area (Å²) >= 11 is 6.13. The van der Waals surface area contributed by atoms with Crippen LogP contribution in [0.5, 0.6) is 11.5 Å². The number of anilines is 1. The molecule has 2 aromatic rings. The van der Waals surface area contributed by atoms with Gasteiger partial charge in [0, 0.05) is 36.3 Å². The van der Waals surface area contributed by atoms with Crippen LogP contribution in [0.3, 0.4) is 0 Å². The van der Waals surface area contributed by atoms with Crippen LogP contribution in [0.4, 0.5) is 10.5 Å². The highest BCUT2D eigenvalue weighted by molar-refractivity contribution is 6.30. The van der Waals surface area contributed by atoms with E-state index in [1.165, 1.54) is 0 Å². The van der Waals surface area contributed by atoms with E-state index in [0.29, 0.717) is 23.9 Å². The molecule has 1 saturated heterocycles. The number of hydrogen-bond donors (Lipinski definition) is 2. The van der Waals surface area contributed by atoms with Crippen LogP contribution in [0.1, 0.15) is 12.0 Å². The smallest absolute Gasteiger partial charge is 0.315 e. The van der Waals surface area contributed by atoms with E-state index in [4.69, 9.17) is 27.5 Å². The number of terminal acetylenes is 1.